The summed E-state index contributed by atoms with van der Waals surface area (Å²) in [4.78, 5) is 0. The van der Waals surface area contributed by atoms with Gasteiger partial charge in [-0.1, -0.05) is 60.1 Å². The first kappa shape index (κ1) is 24.6. The molecule has 2 aliphatic heterocycles. The summed E-state index contributed by atoms with van der Waals surface area (Å²) in [6, 6.07) is 11.6. The number of hydrogen-bond donors (Lipinski definition) is 1. The zero-order chi connectivity index (χ0) is 21.8. The Hall–Kier alpha value is -2.40. The fourth-order valence-electron chi connectivity index (χ4n) is 3.01. The molecule has 5 heteroatoms. The Morgan fingerprint density at radius 3 is 2.21 bits per heavy atom. The van der Waals surface area contributed by atoms with Crippen LogP contribution in [-0.4, -0.2) is 25.3 Å². The van der Waals surface area contributed by atoms with Crippen LogP contribution in [0.1, 0.15) is 71.4 Å². The molecule has 0 aromatic heterocycles. The fraction of sp³-hybridized carbons (Fsp3) is 0.500. The summed E-state index contributed by atoms with van der Waals surface area (Å²) in [5.74, 6) is 2.81. The molecule has 162 valence electrons. The van der Waals surface area contributed by atoms with Crippen molar-refractivity contribution in [1.82, 2.24) is 0 Å². The van der Waals surface area contributed by atoms with Gasteiger partial charge in [0, 0.05) is 24.0 Å². The molecular weight excluding hydrogens is 368 g/mol. The number of ether oxygens (including phenoxy) is 4. The quantitative estimate of drug-likeness (QED) is 0.653. The monoisotopic (exact) mass is 404 g/mol. The van der Waals surface area contributed by atoms with E-state index in [1.165, 1.54) is 6.42 Å². The van der Waals surface area contributed by atoms with Crippen molar-refractivity contribution in [3.8, 4) is 23.0 Å². The van der Waals surface area contributed by atoms with Crippen LogP contribution in [0.5, 0.6) is 23.0 Å². The summed E-state index contributed by atoms with van der Waals surface area (Å²) in [5.41, 5.74) is 2.06. The highest BCUT2D eigenvalue weighted by Crippen LogP contribution is 2.46. The van der Waals surface area contributed by atoms with Gasteiger partial charge in [-0.3, -0.25) is 0 Å². The number of benzene rings is 2. The molecule has 2 heterocycles. The molecule has 0 saturated carbocycles. The van der Waals surface area contributed by atoms with Crippen molar-refractivity contribution in [3.63, 3.8) is 0 Å². The maximum absolute atomic E-state index is 10.0. The van der Waals surface area contributed by atoms with Crippen molar-refractivity contribution >= 4 is 0 Å². The SMILES string of the molecule is CC.CC.CCC.COc1cccc(C2CC(O)Oc3cc4c(cc32)OCO4)c1. The predicted molar refractivity (Wildman–Crippen MR) is 117 cm³/mol. The second kappa shape index (κ2) is 12.9. The Balaban J connectivity index is 0.000000540. The molecule has 0 radical (unpaired) electrons. The summed E-state index contributed by atoms with van der Waals surface area (Å²) >= 11 is 0. The van der Waals surface area contributed by atoms with Gasteiger partial charge in [-0.05, 0) is 23.8 Å². The van der Waals surface area contributed by atoms with Gasteiger partial charge in [-0.25, -0.2) is 0 Å². The van der Waals surface area contributed by atoms with Crippen LogP contribution in [0.3, 0.4) is 0 Å². The summed E-state index contributed by atoms with van der Waals surface area (Å²) in [7, 11) is 1.64. The molecule has 2 aliphatic rings. The Labute approximate surface area is 175 Å². The summed E-state index contributed by atoms with van der Waals surface area (Å²) < 4.78 is 21.7. The van der Waals surface area contributed by atoms with Crippen molar-refractivity contribution in [2.24, 2.45) is 0 Å². The van der Waals surface area contributed by atoms with Crippen LogP contribution in [0.4, 0.5) is 0 Å². The standard InChI is InChI=1S/C17H16O5.C3H8.2C2H6/c1-19-11-4-2-3-10(5-11)12-7-17(18)22-14-8-16-15(6-13(12)14)20-9-21-16;1-3-2;2*1-2/h2-6,8,12,17-18H,7,9H2,1H3;3H2,1-2H3;2*1-2H3. The molecule has 0 bridgehead atoms. The summed E-state index contributed by atoms with van der Waals surface area (Å²) in [6.07, 6.45) is 0.892. The first-order valence-corrected chi connectivity index (χ1v) is 10.6. The van der Waals surface area contributed by atoms with E-state index in [9.17, 15) is 5.11 Å². The molecule has 5 nitrogen and oxygen atoms in total. The van der Waals surface area contributed by atoms with E-state index in [1.807, 2.05) is 58.0 Å². The number of hydrogen-bond acceptors (Lipinski definition) is 5. The minimum Gasteiger partial charge on any atom is -0.497 e. The van der Waals surface area contributed by atoms with Gasteiger partial charge in [0.2, 0.25) is 6.79 Å². The lowest BCUT2D eigenvalue weighted by Crippen LogP contribution is -2.25. The zero-order valence-corrected chi connectivity index (χ0v) is 18.8. The average Bonchev–Trinajstić information content (AvgIpc) is 3.22. The highest BCUT2D eigenvalue weighted by atomic mass is 16.7. The maximum Gasteiger partial charge on any atom is 0.231 e. The van der Waals surface area contributed by atoms with Gasteiger partial charge in [0.05, 0.1) is 7.11 Å². The topological polar surface area (TPSA) is 57.2 Å². The molecule has 29 heavy (non-hydrogen) atoms. The third kappa shape index (κ3) is 6.29. The molecule has 2 aromatic carbocycles. The number of rotatable bonds is 2. The van der Waals surface area contributed by atoms with Gasteiger partial charge < -0.3 is 24.1 Å². The summed E-state index contributed by atoms with van der Waals surface area (Å²) in [5, 5.41) is 10.0. The Bertz CT molecular complexity index is 729. The van der Waals surface area contributed by atoms with Crippen molar-refractivity contribution < 1.29 is 24.1 Å². The normalized spacial score (nSPS) is 17.7. The third-order valence-corrected chi connectivity index (χ3v) is 4.08. The molecule has 4 rings (SSSR count). The number of fused-ring (bicyclic) bond motifs is 2. The molecular formula is C24H36O5. The largest absolute Gasteiger partial charge is 0.497 e. The fourth-order valence-corrected chi connectivity index (χ4v) is 3.01. The Morgan fingerprint density at radius 1 is 0.966 bits per heavy atom. The lowest BCUT2D eigenvalue weighted by Gasteiger charge is -2.30. The second-order valence-corrected chi connectivity index (χ2v) is 6.09. The maximum atomic E-state index is 10.0. The van der Waals surface area contributed by atoms with Crippen LogP contribution in [0.2, 0.25) is 0 Å². The van der Waals surface area contributed by atoms with Crippen molar-refractivity contribution in [2.45, 2.75) is 66.6 Å². The minimum atomic E-state index is -0.843. The van der Waals surface area contributed by atoms with E-state index in [-0.39, 0.29) is 12.7 Å². The number of aliphatic hydroxyl groups is 1. The van der Waals surface area contributed by atoms with Crippen LogP contribution in [0, 0.1) is 0 Å². The van der Waals surface area contributed by atoms with E-state index in [0.29, 0.717) is 23.7 Å². The smallest absolute Gasteiger partial charge is 0.231 e. The van der Waals surface area contributed by atoms with Crippen LogP contribution < -0.4 is 18.9 Å². The molecule has 0 fully saturated rings. The van der Waals surface area contributed by atoms with Gasteiger partial charge in [-0.2, -0.15) is 0 Å². The van der Waals surface area contributed by atoms with Gasteiger partial charge >= 0.3 is 0 Å². The van der Waals surface area contributed by atoms with E-state index in [0.717, 1.165) is 16.9 Å². The molecule has 2 aromatic rings. The van der Waals surface area contributed by atoms with Gasteiger partial charge in [0.15, 0.2) is 17.8 Å². The van der Waals surface area contributed by atoms with E-state index < -0.39 is 6.29 Å². The molecule has 0 amide bonds. The Kier molecular flexibility index (Phi) is 11.0. The molecule has 0 spiro atoms. The number of aliphatic hydroxyl groups excluding tert-OH is 1. The number of methoxy groups -OCH3 is 1. The van der Waals surface area contributed by atoms with Crippen LogP contribution >= 0.6 is 0 Å². The molecule has 0 aliphatic carbocycles. The lowest BCUT2D eigenvalue weighted by molar-refractivity contribution is -0.0360. The molecule has 0 saturated heterocycles. The van der Waals surface area contributed by atoms with E-state index in [4.69, 9.17) is 18.9 Å². The predicted octanol–water partition coefficient (Wildman–Crippen LogP) is 6.13. The van der Waals surface area contributed by atoms with Crippen LogP contribution in [-0.2, 0) is 0 Å². The second-order valence-electron chi connectivity index (χ2n) is 6.09. The van der Waals surface area contributed by atoms with Crippen LogP contribution in [0.15, 0.2) is 36.4 Å². The zero-order valence-electron chi connectivity index (χ0n) is 18.8. The molecule has 2 unspecified atom stereocenters. The highest BCUT2D eigenvalue weighted by Gasteiger charge is 2.31. The van der Waals surface area contributed by atoms with Crippen LogP contribution in [0.25, 0.3) is 0 Å². The van der Waals surface area contributed by atoms with Gasteiger partial charge in [-0.15, -0.1) is 0 Å². The van der Waals surface area contributed by atoms with Crippen molar-refractivity contribution in [2.75, 3.05) is 13.9 Å². The van der Waals surface area contributed by atoms with Gasteiger partial charge in [0.1, 0.15) is 11.5 Å². The Morgan fingerprint density at radius 2 is 1.59 bits per heavy atom. The van der Waals surface area contributed by atoms with Gasteiger partial charge in [0.25, 0.3) is 0 Å². The average molecular weight is 405 g/mol. The van der Waals surface area contributed by atoms with Crippen molar-refractivity contribution in [1.29, 1.82) is 0 Å². The molecule has 1 N–H and O–H groups in total. The van der Waals surface area contributed by atoms with E-state index >= 15 is 0 Å². The van der Waals surface area contributed by atoms with E-state index in [1.54, 1.807) is 13.2 Å². The summed E-state index contributed by atoms with van der Waals surface area (Å²) in [6.45, 7) is 12.5. The lowest BCUT2D eigenvalue weighted by atomic mass is 9.86. The van der Waals surface area contributed by atoms with Crippen molar-refractivity contribution in [3.05, 3.63) is 47.5 Å². The molecule has 2 atom stereocenters. The first-order valence-electron chi connectivity index (χ1n) is 10.6. The highest BCUT2D eigenvalue weighted by molar-refractivity contribution is 5.56. The third-order valence-electron chi connectivity index (χ3n) is 4.08. The minimum absolute atomic E-state index is 0.0170. The first-order chi connectivity index (χ1) is 14.2. The van der Waals surface area contributed by atoms with E-state index in [2.05, 4.69) is 13.8 Å².